The standard InChI is InChI=1S/C21H28N2O3.ClH/c1-21(2,15-22)16-23(3)20(24)14-26-19-12-8-7-11-18(19)25-13-17-9-5-4-6-10-17;/h4-12H,13-16,22H2,1-3H3;1H. The van der Waals surface area contributed by atoms with Crippen LogP contribution in [0.1, 0.15) is 19.4 Å². The number of likely N-dealkylation sites (N-methyl/N-ethyl adjacent to an activating group) is 1. The molecule has 2 aromatic carbocycles. The summed E-state index contributed by atoms with van der Waals surface area (Å²) >= 11 is 0. The molecule has 0 aliphatic heterocycles. The SMILES string of the molecule is CN(CC(C)(C)CN)C(=O)COc1ccccc1OCc1ccccc1.Cl. The Morgan fingerprint density at radius 1 is 1.00 bits per heavy atom. The number of nitrogens with two attached hydrogens (primary N) is 1. The molecule has 5 nitrogen and oxygen atoms in total. The maximum absolute atomic E-state index is 12.3. The number of ether oxygens (including phenoxy) is 2. The summed E-state index contributed by atoms with van der Waals surface area (Å²) < 4.78 is 11.6. The third kappa shape index (κ3) is 7.49. The lowest BCUT2D eigenvalue weighted by Gasteiger charge is -2.29. The molecule has 0 aromatic heterocycles. The molecule has 0 aliphatic rings. The van der Waals surface area contributed by atoms with Crippen molar-refractivity contribution in [1.29, 1.82) is 0 Å². The predicted octanol–water partition coefficient (Wildman–Crippen LogP) is 3.51. The van der Waals surface area contributed by atoms with Gasteiger partial charge in [-0.3, -0.25) is 4.79 Å². The first-order valence-electron chi connectivity index (χ1n) is 8.74. The molecular weight excluding hydrogens is 364 g/mol. The lowest BCUT2D eigenvalue weighted by Crippen LogP contribution is -2.41. The Kier molecular flexibility index (Phi) is 9.12. The van der Waals surface area contributed by atoms with Crippen LogP contribution in [0.25, 0.3) is 0 Å². The maximum atomic E-state index is 12.3. The van der Waals surface area contributed by atoms with E-state index >= 15 is 0 Å². The summed E-state index contributed by atoms with van der Waals surface area (Å²) in [5.74, 6) is 1.08. The molecule has 0 bridgehead atoms. The number of nitrogens with zero attached hydrogens (tertiary/aromatic N) is 1. The third-order valence-corrected chi connectivity index (χ3v) is 4.08. The number of carbonyl (C=O) groups is 1. The highest BCUT2D eigenvalue weighted by atomic mass is 35.5. The zero-order chi connectivity index (χ0) is 19.0. The van der Waals surface area contributed by atoms with E-state index in [9.17, 15) is 4.79 Å². The zero-order valence-electron chi connectivity index (χ0n) is 16.2. The maximum Gasteiger partial charge on any atom is 0.260 e. The van der Waals surface area contributed by atoms with E-state index in [2.05, 4.69) is 0 Å². The molecular formula is C21H29ClN2O3. The second-order valence-electron chi connectivity index (χ2n) is 7.13. The molecule has 2 N–H and O–H groups in total. The van der Waals surface area contributed by atoms with Crippen LogP contribution in [0.3, 0.4) is 0 Å². The number of amides is 1. The molecule has 0 saturated carbocycles. The first kappa shape index (κ1) is 22.8. The molecule has 0 fully saturated rings. The van der Waals surface area contributed by atoms with E-state index in [4.69, 9.17) is 15.2 Å². The van der Waals surface area contributed by atoms with Crippen molar-refractivity contribution in [2.45, 2.75) is 20.5 Å². The van der Waals surface area contributed by atoms with Gasteiger partial charge in [-0.25, -0.2) is 0 Å². The minimum absolute atomic E-state index is 0. The van der Waals surface area contributed by atoms with Gasteiger partial charge >= 0.3 is 0 Å². The van der Waals surface area contributed by atoms with Crippen LogP contribution in [0.5, 0.6) is 11.5 Å². The van der Waals surface area contributed by atoms with Crippen LogP contribution in [-0.4, -0.2) is 37.6 Å². The monoisotopic (exact) mass is 392 g/mol. The molecule has 2 rings (SSSR count). The van der Waals surface area contributed by atoms with Gasteiger partial charge in [0, 0.05) is 13.6 Å². The fraction of sp³-hybridized carbons (Fsp3) is 0.381. The Bertz CT molecular complexity index is 708. The molecule has 0 aliphatic carbocycles. The van der Waals surface area contributed by atoms with Gasteiger partial charge in [0.25, 0.3) is 5.91 Å². The average Bonchev–Trinajstić information content (AvgIpc) is 2.65. The quantitative estimate of drug-likeness (QED) is 0.709. The highest BCUT2D eigenvalue weighted by Gasteiger charge is 2.21. The van der Waals surface area contributed by atoms with E-state index in [1.807, 2.05) is 62.4 Å². The fourth-order valence-electron chi connectivity index (χ4n) is 2.47. The third-order valence-electron chi connectivity index (χ3n) is 4.08. The van der Waals surface area contributed by atoms with Gasteiger partial charge in [0.05, 0.1) is 0 Å². The van der Waals surface area contributed by atoms with E-state index in [0.717, 1.165) is 5.56 Å². The summed E-state index contributed by atoms with van der Waals surface area (Å²) in [6, 6.07) is 17.3. The predicted molar refractivity (Wildman–Crippen MR) is 110 cm³/mol. The summed E-state index contributed by atoms with van der Waals surface area (Å²) in [5, 5.41) is 0. The molecule has 0 unspecified atom stereocenters. The Balaban J connectivity index is 0.00000364. The Labute approximate surface area is 167 Å². The van der Waals surface area contributed by atoms with Crippen molar-refractivity contribution in [1.82, 2.24) is 4.90 Å². The topological polar surface area (TPSA) is 64.8 Å². The van der Waals surface area contributed by atoms with Gasteiger partial charge in [-0.2, -0.15) is 0 Å². The van der Waals surface area contributed by atoms with Crippen LogP contribution in [0.4, 0.5) is 0 Å². The number of rotatable bonds is 9. The van der Waals surface area contributed by atoms with Crippen LogP contribution >= 0.6 is 12.4 Å². The van der Waals surface area contributed by atoms with Gasteiger partial charge < -0.3 is 20.1 Å². The van der Waals surface area contributed by atoms with E-state index in [1.165, 1.54) is 0 Å². The lowest BCUT2D eigenvalue weighted by molar-refractivity contribution is -0.133. The summed E-state index contributed by atoms with van der Waals surface area (Å²) in [6.07, 6.45) is 0. The van der Waals surface area contributed by atoms with Crippen molar-refractivity contribution in [3.05, 3.63) is 60.2 Å². The molecule has 1 amide bonds. The molecule has 0 radical (unpaired) electrons. The molecule has 6 heteroatoms. The second kappa shape index (κ2) is 10.8. The van der Waals surface area contributed by atoms with Crippen molar-refractivity contribution in [2.75, 3.05) is 26.7 Å². The first-order chi connectivity index (χ1) is 12.4. The van der Waals surface area contributed by atoms with Gasteiger partial charge in [0.1, 0.15) is 6.61 Å². The van der Waals surface area contributed by atoms with E-state index in [0.29, 0.717) is 31.2 Å². The normalized spacial score (nSPS) is 10.7. The molecule has 0 saturated heterocycles. The Hall–Kier alpha value is -2.24. The van der Waals surface area contributed by atoms with Crippen molar-refractivity contribution < 1.29 is 14.3 Å². The summed E-state index contributed by atoms with van der Waals surface area (Å²) in [6.45, 7) is 5.57. The van der Waals surface area contributed by atoms with Crippen molar-refractivity contribution in [2.24, 2.45) is 11.1 Å². The number of hydrogen-bond donors (Lipinski definition) is 1. The van der Waals surface area contributed by atoms with Crippen LogP contribution < -0.4 is 15.2 Å². The van der Waals surface area contributed by atoms with Crippen LogP contribution in [-0.2, 0) is 11.4 Å². The smallest absolute Gasteiger partial charge is 0.260 e. The molecule has 148 valence electrons. The first-order valence-corrected chi connectivity index (χ1v) is 8.74. The Morgan fingerprint density at radius 2 is 1.56 bits per heavy atom. The number of carbonyl (C=O) groups excluding carboxylic acids is 1. The summed E-state index contributed by atoms with van der Waals surface area (Å²) in [7, 11) is 1.76. The van der Waals surface area contributed by atoms with E-state index in [-0.39, 0.29) is 30.3 Å². The van der Waals surface area contributed by atoms with Crippen molar-refractivity contribution in [3.63, 3.8) is 0 Å². The number of hydrogen-bond acceptors (Lipinski definition) is 4. The number of halogens is 1. The van der Waals surface area contributed by atoms with Crippen LogP contribution in [0, 0.1) is 5.41 Å². The lowest BCUT2D eigenvalue weighted by atomic mass is 9.93. The van der Waals surface area contributed by atoms with Gasteiger partial charge in [-0.1, -0.05) is 56.3 Å². The van der Waals surface area contributed by atoms with Gasteiger partial charge in [0.15, 0.2) is 18.1 Å². The molecule has 0 spiro atoms. The highest BCUT2D eigenvalue weighted by Crippen LogP contribution is 2.27. The average molecular weight is 393 g/mol. The zero-order valence-corrected chi connectivity index (χ0v) is 17.0. The molecule has 0 atom stereocenters. The minimum atomic E-state index is -0.124. The highest BCUT2D eigenvalue weighted by molar-refractivity contribution is 5.85. The largest absolute Gasteiger partial charge is 0.485 e. The van der Waals surface area contributed by atoms with Gasteiger partial charge in [0.2, 0.25) is 0 Å². The summed E-state index contributed by atoms with van der Waals surface area (Å²) in [5.41, 5.74) is 6.68. The van der Waals surface area contributed by atoms with Crippen LogP contribution in [0.2, 0.25) is 0 Å². The van der Waals surface area contributed by atoms with Crippen LogP contribution in [0.15, 0.2) is 54.6 Å². The van der Waals surface area contributed by atoms with E-state index in [1.54, 1.807) is 18.0 Å². The molecule has 2 aromatic rings. The van der Waals surface area contributed by atoms with Crippen molar-refractivity contribution in [3.8, 4) is 11.5 Å². The number of para-hydroxylation sites is 2. The molecule has 27 heavy (non-hydrogen) atoms. The summed E-state index contributed by atoms with van der Waals surface area (Å²) in [4.78, 5) is 14.0. The number of benzene rings is 2. The van der Waals surface area contributed by atoms with Gasteiger partial charge in [-0.05, 0) is 29.7 Å². The Morgan fingerprint density at radius 3 is 2.15 bits per heavy atom. The minimum Gasteiger partial charge on any atom is -0.485 e. The van der Waals surface area contributed by atoms with Crippen molar-refractivity contribution >= 4 is 18.3 Å². The fourth-order valence-corrected chi connectivity index (χ4v) is 2.47. The van der Waals surface area contributed by atoms with E-state index < -0.39 is 0 Å². The van der Waals surface area contributed by atoms with Gasteiger partial charge in [-0.15, -0.1) is 12.4 Å². The second-order valence-corrected chi connectivity index (χ2v) is 7.13. The molecule has 0 heterocycles.